The largest absolute Gasteiger partial charge is 0.378 e. The Kier molecular flexibility index (Phi) is 4.29. The fourth-order valence-corrected chi connectivity index (χ4v) is 2.04. The number of hydrogen-bond acceptors (Lipinski definition) is 3. The Morgan fingerprint density at radius 3 is 1.88 bits per heavy atom. The molecule has 1 heterocycles. The molecule has 1 aromatic heterocycles. The number of para-hydroxylation sites is 2. The molecule has 0 amide bonds. The Labute approximate surface area is 141 Å². The summed E-state index contributed by atoms with van der Waals surface area (Å²) in [4.78, 5) is 9.11. The molecule has 0 aliphatic carbocycles. The Morgan fingerprint density at radius 2 is 1.29 bits per heavy atom. The molecule has 116 valence electrons. The van der Waals surface area contributed by atoms with E-state index in [1.165, 1.54) is 0 Å². The van der Waals surface area contributed by atoms with Crippen LogP contribution in [0.2, 0.25) is 0 Å². The van der Waals surface area contributed by atoms with Gasteiger partial charge < -0.3 is 5.11 Å². The molecule has 0 fully saturated rings. The Balaban J connectivity index is 2.13. The zero-order chi connectivity index (χ0) is 17.0. The number of aromatic nitrogens is 2. The summed E-state index contributed by atoms with van der Waals surface area (Å²) in [6.45, 7) is 3.26. The highest BCUT2D eigenvalue weighted by molar-refractivity contribution is 5.75. The lowest BCUT2D eigenvalue weighted by Crippen LogP contribution is -2.14. The fourth-order valence-electron chi connectivity index (χ4n) is 2.04. The average Bonchev–Trinajstić information content (AvgIpc) is 2.58. The summed E-state index contributed by atoms with van der Waals surface area (Å²) in [7, 11) is 0. The first kappa shape index (κ1) is 15.7. The first-order valence-corrected chi connectivity index (χ1v) is 7.61. The van der Waals surface area contributed by atoms with Gasteiger partial charge in [-0.2, -0.15) is 0 Å². The number of nitrogens with zero attached hydrogens (tertiary/aromatic N) is 2. The monoisotopic (exact) mass is 312 g/mol. The first-order chi connectivity index (χ1) is 11.5. The normalized spacial score (nSPS) is 10.5. The highest BCUT2D eigenvalue weighted by atomic mass is 16.3. The van der Waals surface area contributed by atoms with Gasteiger partial charge in [-0.1, -0.05) is 42.2 Å². The summed E-state index contributed by atoms with van der Waals surface area (Å²) in [5.41, 5.74) is 2.30. The Morgan fingerprint density at radius 1 is 0.750 bits per heavy atom. The van der Waals surface area contributed by atoms with Gasteiger partial charge in [-0.05, 0) is 50.0 Å². The third kappa shape index (κ3) is 3.98. The second kappa shape index (κ2) is 6.54. The summed E-state index contributed by atoms with van der Waals surface area (Å²) < 4.78 is 0. The maximum absolute atomic E-state index is 9.83. The minimum Gasteiger partial charge on any atom is -0.378 e. The third-order valence-corrected chi connectivity index (χ3v) is 3.16. The summed E-state index contributed by atoms with van der Waals surface area (Å²) in [5.74, 6) is 11.8. The van der Waals surface area contributed by atoms with Crippen molar-refractivity contribution in [2.24, 2.45) is 0 Å². The van der Waals surface area contributed by atoms with Crippen LogP contribution >= 0.6 is 0 Å². The standard InChI is InChI=1S/C21H16N2O/c1-21(2,24)15-14-20-19(13-12-16-8-4-3-5-9-16)22-17-10-6-7-11-18(17)23-20/h3-11,24H,1-2H3. The van der Waals surface area contributed by atoms with Crippen molar-refractivity contribution < 1.29 is 5.11 Å². The van der Waals surface area contributed by atoms with Gasteiger partial charge in [0.2, 0.25) is 0 Å². The molecule has 0 aliphatic rings. The fraction of sp³-hybridized carbons (Fsp3) is 0.143. The van der Waals surface area contributed by atoms with Crippen molar-refractivity contribution in [3.05, 3.63) is 71.5 Å². The van der Waals surface area contributed by atoms with E-state index in [2.05, 4.69) is 33.6 Å². The molecule has 0 unspecified atom stereocenters. The summed E-state index contributed by atoms with van der Waals surface area (Å²) in [6, 6.07) is 17.3. The van der Waals surface area contributed by atoms with Crippen LogP contribution in [0.3, 0.4) is 0 Å². The van der Waals surface area contributed by atoms with Gasteiger partial charge in [0.15, 0.2) is 0 Å². The molecule has 0 saturated heterocycles. The molecule has 0 bridgehead atoms. The van der Waals surface area contributed by atoms with Crippen LogP contribution < -0.4 is 0 Å². The molecule has 0 spiro atoms. The summed E-state index contributed by atoms with van der Waals surface area (Å²) in [5, 5.41) is 9.83. The van der Waals surface area contributed by atoms with E-state index in [-0.39, 0.29) is 0 Å². The molecule has 2 aromatic carbocycles. The van der Waals surface area contributed by atoms with Crippen LogP contribution in [-0.2, 0) is 0 Å². The molecule has 24 heavy (non-hydrogen) atoms. The zero-order valence-corrected chi connectivity index (χ0v) is 13.5. The number of rotatable bonds is 0. The lowest BCUT2D eigenvalue weighted by molar-refractivity contribution is 0.143. The quantitative estimate of drug-likeness (QED) is 0.649. The van der Waals surface area contributed by atoms with Gasteiger partial charge in [0.05, 0.1) is 11.0 Å². The minimum absolute atomic E-state index is 0.472. The van der Waals surface area contributed by atoms with Crippen LogP contribution in [0.4, 0.5) is 0 Å². The van der Waals surface area contributed by atoms with Crippen LogP contribution in [-0.4, -0.2) is 20.7 Å². The molecule has 1 N–H and O–H groups in total. The summed E-state index contributed by atoms with van der Waals surface area (Å²) in [6.07, 6.45) is 0. The van der Waals surface area contributed by atoms with E-state index in [9.17, 15) is 5.11 Å². The van der Waals surface area contributed by atoms with Gasteiger partial charge in [-0.3, -0.25) is 0 Å². The van der Waals surface area contributed by atoms with E-state index in [1.807, 2.05) is 54.6 Å². The molecule has 0 aliphatic heterocycles. The van der Waals surface area contributed by atoms with Crippen molar-refractivity contribution in [3.8, 4) is 23.7 Å². The van der Waals surface area contributed by atoms with Crippen molar-refractivity contribution >= 4 is 11.0 Å². The van der Waals surface area contributed by atoms with Gasteiger partial charge in [0.1, 0.15) is 17.0 Å². The van der Waals surface area contributed by atoms with Crippen molar-refractivity contribution in [1.82, 2.24) is 9.97 Å². The van der Waals surface area contributed by atoms with Crippen molar-refractivity contribution in [2.45, 2.75) is 19.4 Å². The molecular formula is C21H16N2O. The highest BCUT2D eigenvalue weighted by Gasteiger charge is 2.09. The molecular weight excluding hydrogens is 296 g/mol. The van der Waals surface area contributed by atoms with Crippen molar-refractivity contribution in [2.75, 3.05) is 0 Å². The molecule has 3 heteroatoms. The minimum atomic E-state index is -1.10. The SMILES string of the molecule is CC(C)(O)C#Cc1nc2ccccc2nc1C#Cc1ccccc1. The highest BCUT2D eigenvalue weighted by Crippen LogP contribution is 2.12. The third-order valence-electron chi connectivity index (χ3n) is 3.16. The number of benzene rings is 2. The lowest BCUT2D eigenvalue weighted by atomic mass is 10.1. The number of aliphatic hydroxyl groups is 1. The van der Waals surface area contributed by atoms with Crippen LogP contribution in [0.1, 0.15) is 30.8 Å². The molecule has 3 aromatic rings. The molecule has 3 rings (SSSR count). The second-order valence-corrected chi connectivity index (χ2v) is 5.83. The van der Waals surface area contributed by atoms with Gasteiger partial charge in [-0.25, -0.2) is 9.97 Å². The molecule has 0 radical (unpaired) electrons. The van der Waals surface area contributed by atoms with E-state index in [0.29, 0.717) is 11.4 Å². The van der Waals surface area contributed by atoms with E-state index in [0.717, 1.165) is 16.6 Å². The van der Waals surface area contributed by atoms with E-state index in [4.69, 9.17) is 0 Å². The number of fused-ring (bicyclic) bond motifs is 1. The second-order valence-electron chi connectivity index (χ2n) is 5.83. The number of hydrogen-bond donors (Lipinski definition) is 1. The van der Waals surface area contributed by atoms with Crippen LogP contribution in [0.25, 0.3) is 11.0 Å². The van der Waals surface area contributed by atoms with Gasteiger partial charge in [0.25, 0.3) is 0 Å². The Hall–Kier alpha value is -3.14. The molecule has 0 saturated carbocycles. The predicted octanol–water partition coefficient (Wildman–Crippen LogP) is 3.15. The summed E-state index contributed by atoms with van der Waals surface area (Å²) >= 11 is 0. The molecule has 0 atom stereocenters. The van der Waals surface area contributed by atoms with E-state index < -0.39 is 5.60 Å². The maximum atomic E-state index is 9.83. The van der Waals surface area contributed by atoms with Gasteiger partial charge >= 0.3 is 0 Å². The van der Waals surface area contributed by atoms with E-state index >= 15 is 0 Å². The average molecular weight is 312 g/mol. The van der Waals surface area contributed by atoms with Gasteiger partial charge in [-0.15, -0.1) is 0 Å². The predicted molar refractivity (Wildman–Crippen MR) is 95.1 cm³/mol. The van der Waals surface area contributed by atoms with Crippen molar-refractivity contribution in [1.29, 1.82) is 0 Å². The van der Waals surface area contributed by atoms with Crippen LogP contribution in [0.5, 0.6) is 0 Å². The van der Waals surface area contributed by atoms with Crippen molar-refractivity contribution in [3.63, 3.8) is 0 Å². The molecule has 3 nitrogen and oxygen atoms in total. The zero-order valence-electron chi connectivity index (χ0n) is 13.5. The van der Waals surface area contributed by atoms with Crippen LogP contribution in [0, 0.1) is 23.7 Å². The van der Waals surface area contributed by atoms with Gasteiger partial charge in [0, 0.05) is 5.56 Å². The first-order valence-electron chi connectivity index (χ1n) is 7.61. The lowest BCUT2D eigenvalue weighted by Gasteiger charge is -2.06. The van der Waals surface area contributed by atoms with E-state index in [1.54, 1.807) is 13.8 Å². The smallest absolute Gasteiger partial charge is 0.148 e. The van der Waals surface area contributed by atoms with Crippen LogP contribution in [0.15, 0.2) is 54.6 Å². The topological polar surface area (TPSA) is 46.0 Å². The maximum Gasteiger partial charge on any atom is 0.148 e. The Bertz CT molecular complexity index is 994.